The van der Waals surface area contributed by atoms with Gasteiger partial charge in [-0.3, -0.25) is 4.98 Å². The Kier molecular flexibility index (Phi) is 6.08. The predicted molar refractivity (Wildman–Crippen MR) is 96.4 cm³/mol. The smallest absolute Gasteiger partial charge is 0.418 e. The number of pyridine rings is 1. The van der Waals surface area contributed by atoms with Crippen molar-refractivity contribution in [3.8, 4) is 5.75 Å². The molecule has 1 heterocycles. The van der Waals surface area contributed by atoms with Gasteiger partial charge in [0.05, 0.1) is 18.4 Å². The van der Waals surface area contributed by atoms with Crippen LogP contribution in [0.4, 0.5) is 13.2 Å². The number of thiol groups is 1. The number of nitrogens with one attached hydrogen (secondary N) is 1. The highest BCUT2D eigenvalue weighted by atomic mass is 32.2. The normalized spacial score (nSPS) is 14.7. The lowest BCUT2D eigenvalue weighted by Crippen LogP contribution is -2.36. The fourth-order valence-electron chi connectivity index (χ4n) is 2.29. The number of ether oxygens (including phenoxy) is 1. The molecule has 0 radical (unpaired) electrons. The van der Waals surface area contributed by atoms with E-state index in [1.165, 1.54) is 19.4 Å². The first-order valence-corrected chi connectivity index (χ1v) is 9.19. The Morgan fingerprint density at radius 1 is 1.12 bits per heavy atom. The summed E-state index contributed by atoms with van der Waals surface area (Å²) in [7, 11) is -0.505. The number of rotatable bonds is 5. The molecule has 2 aromatic rings. The molecule has 1 N–H and O–H groups in total. The van der Waals surface area contributed by atoms with E-state index in [9.17, 15) is 17.4 Å². The van der Waals surface area contributed by atoms with Gasteiger partial charge in [0.2, 0.25) is 0 Å². The van der Waals surface area contributed by atoms with E-state index in [0.29, 0.717) is 11.3 Å². The fraction of sp³-hybridized carbons (Fsp3) is 0.389. The first-order chi connectivity index (χ1) is 12.0. The number of hydrogen-bond acceptors (Lipinski definition) is 3. The molecular weight excluding hydrogens is 365 g/mol. The Morgan fingerprint density at radius 3 is 2.23 bits per heavy atom. The van der Waals surface area contributed by atoms with E-state index >= 15 is 0 Å². The van der Waals surface area contributed by atoms with Gasteiger partial charge in [-0.1, -0.05) is 16.3 Å². The van der Waals surface area contributed by atoms with Crippen LogP contribution in [0.15, 0.2) is 42.6 Å². The Bertz CT molecular complexity index is 771. The summed E-state index contributed by atoms with van der Waals surface area (Å²) in [6, 6.07) is 7.80. The number of benzene rings is 1. The second-order valence-electron chi connectivity index (χ2n) is 6.73. The Labute approximate surface area is 153 Å². The van der Waals surface area contributed by atoms with Gasteiger partial charge < -0.3 is 4.74 Å². The van der Waals surface area contributed by atoms with E-state index in [0.717, 1.165) is 6.07 Å². The Morgan fingerprint density at radius 2 is 1.73 bits per heavy atom. The summed E-state index contributed by atoms with van der Waals surface area (Å²) in [5.74, 6) is 0.574. The first-order valence-electron chi connectivity index (χ1n) is 7.93. The number of methoxy groups -OCH3 is 1. The van der Waals surface area contributed by atoms with Crippen molar-refractivity contribution < 1.29 is 22.1 Å². The zero-order chi connectivity index (χ0) is 19.5. The van der Waals surface area contributed by atoms with Crippen molar-refractivity contribution in [2.75, 3.05) is 7.11 Å². The minimum absolute atomic E-state index is 0.210. The third kappa shape index (κ3) is 4.82. The van der Waals surface area contributed by atoms with E-state index < -0.39 is 33.5 Å². The maximum absolute atomic E-state index is 13.5. The van der Waals surface area contributed by atoms with Crippen LogP contribution in [0, 0.1) is 0 Å². The molecule has 0 amide bonds. The van der Waals surface area contributed by atoms with E-state index in [2.05, 4.69) is 9.71 Å². The molecule has 8 heteroatoms. The number of halogens is 3. The van der Waals surface area contributed by atoms with Crippen LogP contribution in [0.1, 0.15) is 43.6 Å². The summed E-state index contributed by atoms with van der Waals surface area (Å²) >= 11 is 0. The lowest BCUT2D eigenvalue weighted by atomic mass is 10.00. The van der Waals surface area contributed by atoms with Crippen LogP contribution in [0.2, 0.25) is 0 Å². The predicted octanol–water partition coefficient (Wildman–Crippen LogP) is 4.20. The monoisotopic (exact) mass is 387 g/mol. The molecule has 0 aliphatic heterocycles. The molecule has 2 atom stereocenters. The summed E-state index contributed by atoms with van der Waals surface area (Å²) in [6.07, 6.45) is -3.27. The molecule has 0 saturated heterocycles. The second kappa shape index (κ2) is 7.75. The largest absolute Gasteiger partial charge is 0.497 e. The molecule has 0 aliphatic rings. The van der Waals surface area contributed by atoms with Crippen LogP contribution < -0.4 is 9.46 Å². The molecule has 0 fully saturated rings. The lowest BCUT2D eigenvalue weighted by Gasteiger charge is -2.22. The molecule has 0 aliphatic carbocycles. The van der Waals surface area contributed by atoms with E-state index in [-0.39, 0.29) is 5.69 Å². The number of hydrogen-bond donors (Lipinski definition) is 1. The van der Waals surface area contributed by atoms with Gasteiger partial charge in [0, 0.05) is 6.20 Å². The highest BCUT2D eigenvalue weighted by Gasteiger charge is 2.39. The van der Waals surface area contributed by atoms with Crippen molar-refractivity contribution in [1.29, 1.82) is 0 Å². The minimum Gasteiger partial charge on any atom is -0.497 e. The van der Waals surface area contributed by atoms with Gasteiger partial charge in [-0.2, -0.15) is 13.2 Å². The average molecular weight is 387 g/mol. The lowest BCUT2D eigenvalue weighted by molar-refractivity contribution is -0.138. The van der Waals surface area contributed by atoms with Gasteiger partial charge in [-0.05, 0) is 50.6 Å². The summed E-state index contributed by atoms with van der Waals surface area (Å²) in [5.41, 5.74) is -0.550. The Hall–Kier alpha value is -1.93. The zero-order valence-electron chi connectivity index (χ0n) is 15.0. The summed E-state index contributed by atoms with van der Waals surface area (Å²) < 4.78 is 60.3. The van der Waals surface area contributed by atoms with Crippen molar-refractivity contribution in [2.45, 2.75) is 37.7 Å². The van der Waals surface area contributed by atoms with E-state index in [1.54, 1.807) is 45.0 Å². The third-order valence-electron chi connectivity index (χ3n) is 3.72. The molecule has 142 valence electrons. The molecule has 2 rings (SSSR count). The molecule has 1 aromatic carbocycles. The molecule has 4 nitrogen and oxygen atoms in total. The van der Waals surface area contributed by atoms with Gasteiger partial charge in [0.1, 0.15) is 27.5 Å². The van der Waals surface area contributed by atoms with Crippen LogP contribution in [0.25, 0.3) is 0 Å². The van der Waals surface area contributed by atoms with Gasteiger partial charge in [-0.25, -0.2) is 0 Å². The molecule has 0 saturated carbocycles. The molecule has 1 unspecified atom stereocenters. The van der Waals surface area contributed by atoms with Crippen LogP contribution in [-0.4, -0.2) is 16.8 Å². The zero-order valence-corrected chi connectivity index (χ0v) is 15.9. The van der Waals surface area contributed by atoms with Crippen molar-refractivity contribution in [3.05, 3.63) is 59.4 Å². The standard InChI is InChI=1S/C18H21F3N2O2S/c1-17(2,3)26(24)23-15(12-7-9-13(25-4)10-8-12)16-14(18(19,20)21)6-5-11-22-16/h5-11,15H,1-4H3,(H,23,24)/p+1/t15-,26?/m0/s1. The van der Waals surface area contributed by atoms with Crippen molar-refractivity contribution in [2.24, 2.45) is 0 Å². The topological polar surface area (TPSA) is 51.2 Å². The molecular formula is C18H22F3N2O2S+. The van der Waals surface area contributed by atoms with Crippen molar-refractivity contribution in [1.82, 2.24) is 9.71 Å². The molecule has 0 bridgehead atoms. The van der Waals surface area contributed by atoms with Crippen molar-refractivity contribution >= 4 is 11.0 Å². The van der Waals surface area contributed by atoms with Gasteiger partial charge in [0.25, 0.3) is 0 Å². The van der Waals surface area contributed by atoms with Crippen LogP contribution >= 0.6 is 0 Å². The highest BCUT2D eigenvalue weighted by molar-refractivity contribution is 7.84. The number of aromatic nitrogens is 1. The van der Waals surface area contributed by atoms with Crippen LogP contribution in [-0.2, 0) is 21.4 Å². The first kappa shape index (κ1) is 20.4. The van der Waals surface area contributed by atoms with E-state index in [4.69, 9.17) is 4.74 Å². The van der Waals surface area contributed by atoms with Crippen LogP contribution in [0.5, 0.6) is 5.75 Å². The number of nitrogens with zero attached hydrogens (tertiary/aromatic N) is 1. The summed E-state index contributed by atoms with van der Waals surface area (Å²) in [5, 5.41) is 0. The summed E-state index contributed by atoms with van der Waals surface area (Å²) in [6.45, 7) is 5.27. The maximum Gasteiger partial charge on any atom is 0.418 e. The Balaban J connectivity index is 2.56. The van der Waals surface area contributed by atoms with Gasteiger partial charge in [-0.15, -0.1) is 4.72 Å². The van der Waals surface area contributed by atoms with Gasteiger partial charge >= 0.3 is 6.18 Å². The highest BCUT2D eigenvalue weighted by Crippen LogP contribution is 2.36. The fourth-order valence-corrected chi connectivity index (χ4v) is 3.18. The minimum atomic E-state index is -4.57. The average Bonchev–Trinajstić information content (AvgIpc) is 2.58. The van der Waals surface area contributed by atoms with Gasteiger partial charge in [0.15, 0.2) is 0 Å². The molecule has 0 spiro atoms. The van der Waals surface area contributed by atoms with E-state index in [1.807, 2.05) is 0 Å². The number of alkyl halides is 3. The third-order valence-corrected chi connectivity index (χ3v) is 5.43. The summed E-state index contributed by atoms with van der Waals surface area (Å²) in [4.78, 5) is 3.96. The second-order valence-corrected chi connectivity index (χ2v) is 8.92. The molecule has 1 aromatic heterocycles. The maximum atomic E-state index is 13.5. The molecule has 26 heavy (non-hydrogen) atoms. The quantitative estimate of drug-likeness (QED) is 0.618. The van der Waals surface area contributed by atoms with Crippen molar-refractivity contribution in [3.63, 3.8) is 0 Å². The SMILES string of the molecule is COc1ccc([C@H](N[SH+](=O)C(C)(C)C)c2ncccc2C(F)(F)F)cc1. The van der Waals surface area contributed by atoms with Crippen LogP contribution in [0.3, 0.4) is 0 Å².